The van der Waals surface area contributed by atoms with Crippen LogP contribution in [-0.4, -0.2) is 11.0 Å². The van der Waals surface area contributed by atoms with Crippen LogP contribution in [0.2, 0.25) is 0 Å². The van der Waals surface area contributed by atoms with E-state index in [1.165, 1.54) is 12.1 Å². The number of pyridine rings is 1. The molecule has 1 aromatic heterocycles. The van der Waals surface area contributed by atoms with Gasteiger partial charge >= 0.3 is 0 Å². The van der Waals surface area contributed by atoms with Crippen LogP contribution in [0.1, 0.15) is 12.5 Å². The molecule has 0 saturated carbocycles. The fraction of sp³-hybridized carbons (Fsp3) is 0.167. The molecule has 3 aromatic rings. The predicted molar refractivity (Wildman–Crippen MR) is 84.9 cm³/mol. The summed E-state index contributed by atoms with van der Waals surface area (Å²) in [5.74, 6) is -0.197. The Balaban J connectivity index is 1.77. The normalized spacial score (nSPS) is 12.3. The van der Waals surface area contributed by atoms with E-state index in [0.717, 1.165) is 28.6 Å². The van der Waals surface area contributed by atoms with Gasteiger partial charge < -0.3 is 5.32 Å². The Morgan fingerprint density at radius 3 is 2.62 bits per heavy atom. The molecule has 0 spiro atoms. The van der Waals surface area contributed by atoms with E-state index in [1.54, 1.807) is 6.20 Å². The molecule has 21 heavy (non-hydrogen) atoms. The third-order valence-electron chi connectivity index (χ3n) is 3.49. The van der Waals surface area contributed by atoms with E-state index in [1.807, 2.05) is 30.3 Å². The van der Waals surface area contributed by atoms with Crippen molar-refractivity contribution < 1.29 is 4.39 Å². The topological polar surface area (TPSA) is 24.9 Å². The van der Waals surface area contributed by atoms with Crippen LogP contribution in [0, 0.1) is 5.82 Å². The fourth-order valence-corrected chi connectivity index (χ4v) is 2.51. The number of rotatable bonds is 4. The zero-order valence-corrected chi connectivity index (χ0v) is 11.9. The summed E-state index contributed by atoms with van der Waals surface area (Å²) in [6.45, 7) is 2.12. The molecule has 2 aromatic carbocycles. The molecule has 1 atom stereocenters. The van der Waals surface area contributed by atoms with Gasteiger partial charge in [0.05, 0.1) is 11.2 Å². The van der Waals surface area contributed by atoms with Crippen LogP contribution in [0.4, 0.5) is 10.1 Å². The molecule has 0 aliphatic rings. The van der Waals surface area contributed by atoms with Gasteiger partial charge in [0.2, 0.25) is 0 Å². The van der Waals surface area contributed by atoms with E-state index in [4.69, 9.17) is 0 Å². The number of aromatic nitrogens is 1. The van der Waals surface area contributed by atoms with E-state index in [-0.39, 0.29) is 11.9 Å². The van der Waals surface area contributed by atoms with Crippen molar-refractivity contribution in [3.05, 3.63) is 72.2 Å². The van der Waals surface area contributed by atoms with Crippen molar-refractivity contribution in [2.45, 2.75) is 19.4 Å². The highest BCUT2D eigenvalue weighted by Gasteiger charge is 2.07. The van der Waals surface area contributed by atoms with Gasteiger partial charge in [0.25, 0.3) is 0 Å². The zero-order valence-electron chi connectivity index (χ0n) is 11.9. The zero-order chi connectivity index (χ0) is 14.7. The van der Waals surface area contributed by atoms with Crippen molar-refractivity contribution in [1.29, 1.82) is 0 Å². The lowest BCUT2D eigenvalue weighted by molar-refractivity contribution is 0.626. The number of hydrogen-bond acceptors (Lipinski definition) is 2. The third-order valence-corrected chi connectivity index (χ3v) is 3.49. The van der Waals surface area contributed by atoms with E-state index in [9.17, 15) is 4.39 Å². The maximum Gasteiger partial charge on any atom is 0.123 e. The van der Waals surface area contributed by atoms with Crippen LogP contribution in [0.3, 0.4) is 0 Å². The smallest absolute Gasteiger partial charge is 0.123 e. The van der Waals surface area contributed by atoms with Gasteiger partial charge in [-0.15, -0.1) is 0 Å². The van der Waals surface area contributed by atoms with Crippen LogP contribution in [-0.2, 0) is 6.42 Å². The molecule has 1 N–H and O–H groups in total. The molecule has 3 heteroatoms. The molecule has 3 rings (SSSR count). The van der Waals surface area contributed by atoms with E-state index >= 15 is 0 Å². The highest BCUT2D eigenvalue weighted by Crippen LogP contribution is 2.22. The highest BCUT2D eigenvalue weighted by atomic mass is 19.1. The Morgan fingerprint density at radius 1 is 1.05 bits per heavy atom. The molecule has 0 amide bonds. The molecule has 0 aliphatic carbocycles. The second kappa shape index (κ2) is 5.92. The first-order valence-corrected chi connectivity index (χ1v) is 7.07. The number of anilines is 1. The minimum atomic E-state index is -0.197. The summed E-state index contributed by atoms with van der Waals surface area (Å²) in [5, 5.41) is 4.61. The van der Waals surface area contributed by atoms with Crippen molar-refractivity contribution in [1.82, 2.24) is 4.98 Å². The Hall–Kier alpha value is -2.42. The molecular weight excluding hydrogens is 263 g/mol. The molecule has 1 unspecified atom stereocenters. The van der Waals surface area contributed by atoms with E-state index in [2.05, 4.69) is 29.4 Å². The number of para-hydroxylation sites is 1. The lowest BCUT2D eigenvalue weighted by Crippen LogP contribution is -2.18. The van der Waals surface area contributed by atoms with Crippen LogP contribution < -0.4 is 5.32 Å². The summed E-state index contributed by atoms with van der Waals surface area (Å²) in [5.41, 5.74) is 3.12. The summed E-state index contributed by atoms with van der Waals surface area (Å²) in [6.07, 6.45) is 2.64. The molecule has 0 fully saturated rings. The summed E-state index contributed by atoms with van der Waals surface area (Å²) in [6, 6.07) is 17.0. The first kappa shape index (κ1) is 13.6. The largest absolute Gasteiger partial charge is 0.380 e. The summed E-state index contributed by atoms with van der Waals surface area (Å²) >= 11 is 0. The summed E-state index contributed by atoms with van der Waals surface area (Å²) < 4.78 is 12.9. The third kappa shape index (κ3) is 3.19. The first-order chi connectivity index (χ1) is 10.2. The number of hydrogen-bond donors (Lipinski definition) is 1. The lowest BCUT2D eigenvalue weighted by Gasteiger charge is -2.16. The Kier molecular flexibility index (Phi) is 3.82. The van der Waals surface area contributed by atoms with Gasteiger partial charge in [-0.2, -0.15) is 0 Å². The number of nitrogens with one attached hydrogen (secondary N) is 1. The molecule has 1 heterocycles. The fourth-order valence-electron chi connectivity index (χ4n) is 2.51. The van der Waals surface area contributed by atoms with Gasteiger partial charge in [-0.05, 0) is 43.2 Å². The van der Waals surface area contributed by atoms with Crippen molar-refractivity contribution in [3.8, 4) is 0 Å². The number of fused-ring (bicyclic) bond motifs is 1. The van der Waals surface area contributed by atoms with Gasteiger partial charge in [-0.25, -0.2) is 4.39 Å². The van der Waals surface area contributed by atoms with Crippen LogP contribution in [0.5, 0.6) is 0 Å². The lowest BCUT2D eigenvalue weighted by atomic mass is 10.1. The molecule has 0 radical (unpaired) electrons. The number of halogens is 1. The summed E-state index contributed by atoms with van der Waals surface area (Å²) in [4.78, 5) is 4.44. The van der Waals surface area contributed by atoms with Crippen LogP contribution >= 0.6 is 0 Å². The highest BCUT2D eigenvalue weighted by molar-refractivity contribution is 5.90. The molecule has 106 valence electrons. The van der Waals surface area contributed by atoms with Crippen molar-refractivity contribution in [2.75, 3.05) is 5.32 Å². The quantitative estimate of drug-likeness (QED) is 0.765. The Labute approximate surface area is 123 Å². The van der Waals surface area contributed by atoms with Crippen molar-refractivity contribution in [3.63, 3.8) is 0 Å². The molecule has 0 saturated heterocycles. The minimum absolute atomic E-state index is 0.197. The molecule has 2 nitrogen and oxygen atoms in total. The molecule has 0 aliphatic heterocycles. The van der Waals surface area contributed by atoms with Gasteiger partial charge in [-0.3, -0.25) is 4.98 Å². The van der Waals surface area contributed by atoms with Crippen LogP contribution in [0.25, 0.3) is 10.9 Å². The van der Waals surface area contributed by atoms with Crippen molar-refractivity contribution in [2.24, 2.45) is 0 Å². The number of nitrogens with zero attached hydrogens (tertiary/aromatic N) is 1. The monoisotopic (exact) mass is 280 g/mol. The van der Waals surface area contributed by atoms with Gasteiger partial charge in [0.15, 0.2) is 0 Å². The minimum Gasteiger partial charge on any atom is -0.380 e. The second-order valence-corrected chi connectivity index (χ2v) is 5.26. The number of benzene rings is 2. The SMILES string of the molecule is CC(Cc1ccc(F)cc1)Nc1cccc2cccnc12. The average molecular weight is 280 g/mol. The second-order valence-electron chi connectivity index (χ2n) is 5.26. The Morgan fingerprint density at radius 2 is 1.81 bits per heavy atom. The average Bonchev–Trinajstić information content (AvgIpc) is 2.50. The predicted octanol–water partition coefficient (Wildman–Crippen LogP) is 4.42. The van der Waals surface area contributed by atoms with E-state index < -0.39 is 0 Å². The van der Waals surface area contributed by atoms with E-state index in [0.29, 0.717) is 0 Å². The first-order valence-electron chi connectivity index (χ1n) is 7.07. The van der Waals surface area contributed by atoms with Gasteiger partial charge in [0.1, 0.15) is 5.82 Å². The standard InChI is InChI=1S/C18H17FN2/c1-13(12-14-7-9-16(19)10-8-14)21-17-6-2-4-15-5-3-11-20-18(15)17/h2-11,13,21H,12H2,1H3. The van der Waals surface area contributed by atoms with Crippen molar-refractivity contribution >= 4 is 16.6 Å². The van der Waals surface area contributed by atoms with Crippen LogP contribution in [0.15, 0.2) is 60.8 Å². The maximum absolute atomic E-state index is 12.9. The molecule has 0 bridgehead atoms. The van der Waals surface area contributed by atoms with Gasteiger partial charge in [-0.1, -0.05) is 30.3 Å². The summed E-state index contributed by atoms with van der Waals surface area (Å²) in [7, 11) is 0. The van der Waals surface area contributed by atoms with Gasteiger partial charge in [0, 0.05) is 17.6 Å². The molecular formula is C18H17FN2. The Bertz CT molecular complexity index is 732. The maximum atomic E-state index is 12.9.